The van der Waals surface area contributed by atoms with Gasteiger partial charge in [0.15, 0.2) is 0 Å². The van der Waals surface area contributed by atoms with Crippen LogP contribution >= 0.6 is 0 Å². The van der Waals surface area contributed by atoms with Crippen molar-refractivity contribution >= 4 is 15.7 Å². The Kier molecular flexibility index (Phi) is 4.95. The molecular formula is C15H18N2O3S. The summed E-state index contributed by atoms with van der Waals surface area (Å²) in [6, 6.07) is 14.8. The lowest BCUT2D eigenvalue weighted by Gasteiger charge is -2.16. The van der Waals surface area contributed by atoms with Gasteiger partial charge in [0, 0.05) is 11.7 Å². The second kappa shape index (κ2) is 6.71. The predicted molar refractivity (Wildman–Crippen MR) is 82.2 cm³/mol. The summed E-state index contributed by atoms with van der Waals surface area (Å²) in [4.78, 5) is 0.128. The van der Waals surface area contributed by atoms with Gasteiger partial charge in [0.05, 0.1) is 11.5 Å². The molecule has 2 aromatic carbocycles. The molecule has 0 amide bonds. The van der Waals surface area contributed by atoms with Crippen molar-refractivity contribution in [2.75, 3.05) is 12.3 Å². The van der Waals surface area contributed by atoms with Gasteiger partial charge < -0.3 is 10.8 Å². The number of nitrogens with two attached hydrogens (primary N) is 1. The van der Waals surface area contributed by atoms with Crippen molar-refractivity contribution in [2.45, 2.75) is 17.4 Å². The maximum Gasteiger partial charge on any atom is 0.240 e. The van der Waals surface area contributed by atoms with Crippen LogP contribution < -0.4 is 10.5 Å². The molecule has 2 rings (SSSR count). The Balaban J connectivity index is 2.12. The summed E-state index contributed by atoms with van der Waals surface area (Å²) in [5.74, 6) is 0. The van der Waals surface area contributed by atoms with Crippen LogP contribution in [0.2, 0.25) is 0 Å². The molecule has 5 nitrogen and oxygen atoms in total. The maximum atomic E-state index is 12.2. The lowest BCUT2D eigenvalue weighted by molar-refractivity contribution is 0.256. The molecule has 0 saturated carbocycles. The van der Waals surface area contributed by atoms with E-state index in [0.29, 0.717) is 12.1 Å². The van der Waals surface area contributed by atoms with Crippen LogP contribution in [0.3, 0.4) is 0 Å². The van der Waals surface area contributed by atoms with E-state index < -0.39 is 16.1 Å². The third kappa shape index (κ3) is 4.29. The first-order valence-electron chi connectivity index (χ1n) is 6.54. The highest BCUT2D eigenvalue weighted by Gasteiger charge is 2.19. The highest BCUT2D eigenvalue weighted by Crippen LogP contribution is 2.13. The fraction of sp³-hybridized carbons (Fsp3) is 0.200. The zero-order chi connectivity index (χ0) is 15.3. The number of benzene rings is 2. The molecule has 21 heavy (non-hydrogen) atoms. The number of hydrogen-bond acceptors (Lipinski definition) is 4. The minimum atomic E-state index is -3.67. The first-order valence-corrected chi connectivity index (χ1v) is 8.02. The average molecular weight is 306 g/mol. The highest BCUT2D eigenvalue weighted by atomic mass is 32.2. The molecule has 6 heteroatoms. The average Bonchev–Trinajstić information content (AvgIpc) is 2.48. The van der Waals surface area contributed by atoms with E-state index in [1.165, 1.54) is 24.3 Å². The number of hydrogen-bond donors (Lipinski definition) is 3. The fourth-order valence-corrected chi connectivity index (χ4v) is 3.20. The van der Waals surface area contributed by atoms with E-state index >= 15 is 0 Å². The molecule has 0 bridgehead atoms. The first-order chi connectivity index (χ1) is 10.0. The standard InChI is InChI=1S/C15H18N2O3S/c16-13-6-8-15(9-7-13)21(19,20)17-14(11-18)10-12-4-2-1-3-5-12/h1-9,14,17-18H,10-11,16H2/t14-/m0/s1. The summed E-state index contributed by atoms with van der Waals surface area (Å²) >= 11 is 0. The zero-order valence-electron chi connectivity index (χ0n) is 11.4. The van der Waals surface area contributed by atoms with Gasteiger partial charge >= 0.3 is 0 Å². The summed E-state index contributed by atoms with van der Waals surface area (Å²) in [6.45, 7) is -0.275. The molecule has 2 aromatic rings. The smallest absolute Gasteiger partial charge is 0.240 e. The summed E-state index contributed by atoms with van der Waals surface area (Å²) in [5.41, 5.74) is 7.00. The second-order valence-corrected chi connectivity index (χ2v) is 6.47. The Hall–Kier alpha value is -1.89. The van der Waals surface area contributed by atoms with E-state index in [1.807, 2.05) is 30.3 Å². The van der Waals surface area contributed by atoms with Crippen LogP contribution in [0.5, 0.6) is 0 Å². The molecule has 0 saturated heterocycles. The van der Waals surface area contributed by atoms with Crippen LogP contribution in [0.1, 0.15) is 5.56 Å². The van der Waals surface area contributed by atoms with Crippen molar-refractivity contribution in [3.8, 4) is 0 Å². The zero-order valence-corrected chi connectivity index (χ0v) is 12.3. The van der Waals surface area contributed by atoms with Gasteiger partial charge in [-0.2, -0.15) is 0 Å². The van der Waals surface area contributed by atoms with Crippen molar-refractivity contribution in [1.29, 1.82) is 0 Å². The van der Waals surface area contributed by atoms with Crippen LogP contribution in [-0.2, 0) is 16.4 Å². The molecule has 0 radical (unpaired) electrons. The molecule has 0 spiro atoms. The van der Waals surface area contributed by atoms with Gasteiger partial charge in [-0.1, -0.05) is 30.3 Å². The highest BCUT2D eigenvalue weighted by molar-refractivity contribution is 7.89. The molecule has 0 unspecified atom stereocenters. The number of rotatable bonds is 6. The first kappa shape index (κ1) is 15.5. The minimum absolute atomic E-state index is 0.128. The van der Waals surface area contributed by atoms with Crippen LogP contribution in [0, 0.1) is 0 Å². The Morgan fingerprint density at radius 2 is 1.67 bits per heavy atom. The van der Waals surface area contributed by atoms with Crippen molar-refractivity contribution in [1.82, 2.24) is 4.72 Å². The number of aliphatic hydroxyl groups is 1. The largest absolute Gasteiger partial charge is 0.399 e. The second-order valence-electron chi connectivity index (χ2n) is 4.76. The molecule has 0 aliphatic heterocycles. The van der Waals surface area contributed by atoms with Gasteiger partial charge in [-0.15, -0.1) is 0 Å². The van der Waals surface area contributed by atoms with E-state index in [2.05, 4.69) is 4.72 Å². The lowest BCUT2D eigenvalue weighted by Crippen LogP contribution is -2.39. The van der Waals surface area contributed by atoms with E-state index in [1.54, 1.807) is 0 Å². The van der Waals surface area contributed by atoms with E-state index in [-0.39, 0.29) is 11.5 Å². The summed E-state index contributed by atoms with van der Waals surface area (Å²) < 4.78 is 27.0. The number of anilines is 1. The normalized spacial score (nSPS) is 13.0. The van der Waals surface area contributed by atoms with Gasteiger partial charge in [-0.25, -0.2) is 13.1 Å². The van der Waals surface area contributed by atoms with Gasteiger partial charge in [0.2, 0.25) is 10.0 Å². The predicted octanol–water partition coefficient (Wildman–Crippen LogP) is 1.15. The molecule has 1 atom stereocenters. The number of nitrogen functional groups attached to an aromatic ring is 1. The van der Waals surface area contributed by atoms with Crippen LogP contribution in [0.15, 0.2) is 59.5 Å². The van der Waals surface area contributed by atoms with Gasteiger partial charge in [0.1, 0.15) is 0 Å². The Morgan fingerprint density at radius 1 is 1.05 bits per heavy atom. The molecule has 112 valence electrons. The third-order valence-corrected chi connectivity index (χ3v) is 4.59. The summed E-state index contributed by atoms with van der Waals surface area (Å²) in [6.07, 6.45) is 0.422. The van der Waals surface area contributed by atoms with Crippen LogP contribution in [0.4, 0.5) is 5.69 Å². The minimum Gasteiger partial charge on any atom is -0.399 e. The maximum absolute atomic E-state index is 12.2. The van der Waals surface area contributed by atoms with Crippen molar-refractivity contribution in [3.63, 3.8) is 0 Å². The van der Waals surface area contributed by atoms with Crippen LogP contribution in [0.25, 0.3) is 0 Å². The Labute approximate surface area is 124 Å². The molecule has 0 aliphatic rings. The summed E-state index contributed by atoms with van der Waals surface area (Å²) in [7, 11) is -3.67. The molecular weight excluding hydrogens is 288 g/mol. The number of nitrogens with one attached hydrogen (secondary N) is 1. The van der Waals surface area contributed by atoms with Gasteiger partial charge in [-0.05, 0) is 36.2 Å². The topological polar surface area (TPSA) is 92.4 Å². The van der Waals surface area contributed by atoms with Crippen molar-refractivity contribution in [2.24, 2.45) is 0 Å². The monoisotopic (exact) mass is 306 g/mol. The van der Waals surface area contributed by atoms with Gasteiger partial charge in [0.25, 0.3) is 0 Å². The SMILES string of the molecule is Nc1ccc(S(=O)(=O)N[C@H](CO)Cc2ccccc2)cc1. The van der Waals surface area contributed by atoms with Crippen molar-refractivity contribution < 1.29 is 13.5 Å². The fourth-order valence-electron chi connectivity index (χ4n) is 1.98. The molecule has 0 fully saturated rings. The van der Waals surface area contributed by atoms with Gasteiger partial charge in [-0.3, -0.25) is 0 Å². The van der Waals surface area contributed by atoms with E-state index in [9.17, 15) is 13.5 Å². The quantitative estimate of drug-likeness (QED) is 0.698. The lowest BCUT2D eigenvalue weighted by atomic mass is 10.1. The molecule has 0 aliphatic carbocycles. The number of sulfonamides is 1. The third-order valence-electron chi connectivity index (χ3n) is 3.06. The molecule has 0 aromatic heterocycles. The number of aliphatic hydroxyl groups excluding tert-OH is 1. The Morgan fingerprint density at radius 3 is 2.24 bits per heavy atom. The van der Waals surface area contributed by atoms with Crippen LogP contribution in [-0.4, -0.2) is 26.2 Å². The molecule has 0 heterocycles. The van der Waals surface area contributed by atoms with Crippen molar-refractivity contribution in [3.05, 3.63) is 60.2 Å². The molecule has 4 N–H and O–H groups in total. The summed E-state index contributed by atoms with van der Waals surface area (Å²) in [5, 5.41) is 9.39. The van der Waals surface area contributed by atoms with E-state index in [0.717, 1.165) is 5.56 Å². The Bertz CT molecular complexity index is 670. The van der Waals surface area contributed by atoms with E-state index in [4.69, 9.17) is 5.73 Å².